The van der Waals surface area contributed by atoms with Gasteiger partial charge < -0.3 is 9.47 Å². The number of rotatable bonds is 3. The number of ether oxygens (including phenoxy) is 2. The van der Waals surface area contributed by atoms with Gasteiger partial charge in [-0.1, -0.05) is 11.6 Å². The van der Waals surface area contributed by atoms with Crippen LogP contribution in [0.1, 0.15) is 11.1 Å². The van der Waals surface area contributed by atoms with Crippen molar-refractivity contribution >= 4 is 11.6 Å². The quantitative estimate of drug-likeness (QED) is 0.937. The lowest BCUT2D eigenvalue weighted by molar-refractivity contribution is -0.945. The van der Waals surface area contributed by atoms with Gasteiger partial charge in [-0.05, 0) is 42.5 Å². The molecule has 0 spiro atoms. The molecule has 0 radical (unpaired) electrons. The summed E-state index contributed by atoms with van der Waals surface area (Å²) in [5.74, 6) is 1.84. The second-order valence-electron chi connectivity index (χ2n) is 4.99. The molecule has 0 amide bonds. The van der Waals surface area contributed by atoms with E-state index in [1.165, 1.54) is 16.0 Å². The van der Waals surface area contributed by atoms with Crippen molar-refractivity contribution in [1.82, 2.24) is 0 Å². The van der Waals surface area contributed by atoms with Gasteiger partial charge in [-0.25, -0.2) is 0 Å². The van der Waals surface area contributed by atoms with Crippen molar-refractivity contribution in [3.8, 4) is 11.5 Å². The first kappa shape index (κ1) is 13.3. The molecule has 2 aromatic rings. The lowest BCUT2D eigenvalue weighted by Crippen LogP contribution is -3.10. The fourth-order valence-corrected chi connectivity index (χ4v) is 2.67. The monoisotopic (exact) mass is 290 g/mol. The Morgan fingerprint density at radius 2 is 2.00 bits per heavy atom. The van der Waals surface area contributed by atoms with Crippen LogP contribution in [0.4, 0.5) is 0 Å². The molecule has 3 rings (SSSR count). The predicted molar refractivity (Wildman–Crippen MR) is 78.3 cm³/mol. The highest BCUT2D eigenvalue weighted by Crippen LogP contribution is 2.23. The maximum absolute atomic E-state index is 6.04. The molecule has 0 saturated heterocycles. The summed E-state index contributed by atoms with van der Waals surface area (Å²) in [6, 6.07) is 14.0. The van der Waals surface area contributed by atoms with Crippen LogP contribution in [0, 0.1) is 0 Å². The van der Waals surface area contributed by atoms with Crippen LogP contribution in [0.25, 0.3) is 0 Å². The zero-order chi connectivity index (χ0) is 13.9. The molecule has 0 aromatic heterocycles. The van der Waals surface area contributed by atoms with Crippen LogP contribution in [0.3, 0.4) is 0 Å². The summed E-state index contributed by atoms with van der Waals surface area (Å²) in [5.41, 5.74) is 2.45. The van der Waals surface area contributed by atoms with Crippen LogP contribution >= 0.6 is 11.6 Å². The minimum absolute atomic E-state index is 0.681. The molecular formula is C16H17ClNO2+. The third-order valence-electron chi connectivity index (χ3n) is 3.51. The average Bonchev–Trinajstić information content (AvgIpc) is 2.47. The molecule has 1 N–H and O–H groups in total. The highest BCUT2D eigenvalue weighted by Gasteiger charge is 2.20. The van der Waals surface area contributed by atoms with E-state index in [1.54, 1.807) is 7.11 Å². The van der Waals surface area contributed by atoms with Crippen molar-refractivity contribution in [3.63, 3.8) is 0 Å². The smallest absolute Gasteiger partial charge is 0.222 e. The van der Waals surface area contributed by atoms with E-state index in [0.29, 0.717) is 6.73 Å². The Hall–Kier alpha value is -1.71. The van der Waals surface area contributed by atoms with Crippen LogP contribution < -0.4 is 14.4 Å². The van der Waals surface area contributed by atoms with Crippen LogP contribution in [0.5, 0.6) is 11.5 Å². The Morgan fingerprint density at radius 1 is 1.20 bits per heavy atom. The van der Waals surface area contributed by atoms with Gasteiger partial charge >= 0.3 is 0 Å². The molecule has 1 heterocycles. The van der Waals surface area contributed by atoms with E-state index in [4.69, 9.17) is 21.1 Å². The van der Waals surface area contributed by atoms with Crippen molar-refractivity contribution < 1.29 is 14.4 Å². The van der Waals surface area contributed by atoms with Gasteiger partial charge in [0.15, 0.2) is 0 Å². The number of benzene rings is 2. The molecule has 20 heavy (non-hydrogen) atoms. The van der Waals surface area contributed by atoms with E-state index in [1.807, 2.05) is 30.3 Å². The summed E-state index contributed by atoms with van der Waals surface area (Å²) < 4.78 is 11.0. The number of hydrogen-bond donors (Lipinski definition) is 1. The van der Waals surface area contributed by atoms with Crippen LogP contribution in [0.2, 0.25) is 5.02 Å². The zero-order valence-corrected chi connectivity index (χ0v) is 12.1. The normalized spacial score (nSPS) is 17.2. The first-order chi connectivity index (χ1) is 9.74. The zero-order valence-electron chi connectivity index (χ0n) is 11.4. The van der Waals surface area contributed by atoms with E-state index < -0.39 is 0 Å². The van der Waals surface area contributed by atoms with E-state index in [-0.39, 0.29) is 0 Å². The van der Waals surface area contributed by atoms with Gasteiger partial charge in [0, 0.05) is 10.6 Å². The van der Waals surface area contributed by atoms with Crippen molar-refractivity contribution in [1.29, 1.82) is 0 Å². The maximum Gasteiger partial charge on any atom is 0.222 e. The van der Waals surface area contributed by atoms with Crippen LogP contribution in [-0.2, 0) is 13.1 Å². The average molecular weight is 291 g/mol. The Morgan fingerprint density at radius 3 is 2.75 bits per heavy atom. The fourth-order valence-electron chi connectivity index (χ4n) is 2.47. The van der Waals surface area contributed by atoms with Gasteiger partial charge in [-0.3, -0.25) is 4.90 Å². The summed E-state index contributed by atoms with van der Waals surface area (Å²) >= 11 is 6.04. The molecule has 3 nitrogen and oxygen atoms in total. The van der Waals surface area contributed by atoms with Crippen molar-refractivity contribution in [2.24, 2.45) is 0 Å². The van der Waals surface area contributed by atoms with E-state index >= 15 is 0 Å². The van der Waals surface area contributed by atoms with Crippen molar-refractivity contribution in [3.05, 3.63) is 58.6 Å². The van der Waals surface area contributed by atoms with Gasteiger partial charge in [0.2, 0.25) is 6.73 Å². The summed E-state index contributed by atoms with van der Waals surface area (Å²) in [4.78, 5) is 1.37. The molecule has 1 unspecified atom stereocenters. The van der Waals surface area contributed by atoms with E-state index in [0.717, 1.165) is 29.6 Å². The van der Waals surface area contributed by atoms with Crippen molar-refractivity contribution in [2.75, 3.05) is 13.8 Å². The molecule has 4 heteroatoms. The predicted octanol–water partition coefficient (Wildman–Crippen LogP) is 2.28. The number of halogens is 1. The molecular weight excluding hydrogens is 274 g/mol. The second kappa shape index (κ2) is 5.73. The summed E-state index contributed by atoms with van der Waals surface area (Å²) in [6.45, 7) is 2.54. The SMILES string of the molecule is COc1ccc(C[NH+]2COc3ccc(Cl)cc3C2)cc1. The Balaban J connectivity index is 1.70. The molecule has 2 aromatic carbocycles. The molecule has 1 aliphatic rings. The Bertz CT molecular complexity index is 598. The van der Waals surface area contributed by atoms with Gasteiger partial charge in [0.05, 0.1) is 12.7 Å². The maximum atomic E-state index is 6.04. The standard InChI is InChI=1S/C16H16ClNO2/c1-19-15-5-2-12(3-6-15)9-18-10-13-8-14(17)4-7-16(13)20-11-18/h2-8H,9-11H2,1H3/p+1. The summed E-state index contributed by atoms with van der Waals surface area (Å²) in [7, 11) is 1.68. The topological polar surface area (TPSA) is 22.9 Å². The number of methoxy groups -OCH3 is 1. The Kier molecular flexibility index (Phi) is 3.81. The third kappa shape index (κ3) is 2.89. The minimum atomic E-state index is 0.681. The van der Waals surface area contributed by atoms with Crippen LogP contribution in [0.15, 0.2) is 42.5 Å². The highest BCUT2D eigenvalue weighted by atomic mass is 35.5. The largest absolute Gasteiger partial charge is 0.497 e. The molecule has 0 fully saturated rings. The molecule has 1 atom stereocenters. The van der Waals surface area contributed by atoms with Gasteiger partial charge in [0.25, 0.3) is 0 Å². The minimum Gasteiger partial charge on any atom is -0.497 e. The fraction of sp³-hybridized carbons (Fsp3) is 0.250. The molecule has 0 saturated carbocycles. The first-order valence-corrected chi connectivity index (χ1v) is 7.00. The summed E-state index contributed by atoms with van der Waals surface area (Å²) in [6.07, 6.45) is 0. The van der Waals surface area contributed by atoms with Crippen molar-refractivity contribution in [2.45, 2.75) is 13.1 Å². The number of hydrogen-bond acceptors (Lipinski definition) is 2. The van der Waals surface area contributed by atoms with Gasteiger partial charge in [-0.15, -0.1) is 0 Å². The van der Waals surface area contributed by atoms with Gasteiger partial charge in [0.1, 0.15) is 24.6 Å². The number of nitrogens with one attached hydrogen (secondary N) is 1. The number of quaternary nitrogens is 1. The van der Waals surface area contributed by atoms with Crippen LogP contribution in [-0.4, -0.2) is 13.8 Å². The third-order valence-corrected chi connectivity index (χ3v) is 3.74. The lowest BCUT2D eigenvalue weighted by Gasteiger charge is -2.26. The second-order valence-corrected chi connectivity index (χ2v) is 5.43. The molecule has 0 aliphatic carbocycles. The molecule has 0 bridgehead atoms. The number of fused-ring (bicyclic) bond motifs is 1. The lowest BCUT2D eigenvalue weighted by atomic mass is 10.1. The Labute approximate surface area is 123 Å². The molecule has 104 valence electrons. The first-order valence-electron chi connectivity index (χ1n) is 6.62. The molecule has 1 aliphatic heterocycles. The van der Waals surface area contributed by atoms with E-state index in [2.05, 4.69) is 12.1 Å². The summed E-state index contributed by atoms with van der Waals surface area (Å²) in [5, 5.41) is 0.762. The van der Waals surface area contributed by atoms with E-state index in [9.17, 15) is 0 Å². The highest BCUT2D eigenvalue weighted by molar-refractivity contribution is 6.30. The van der Waals surface area contributed by atoms with Gasteiger partial charge in [-0.2, -0.15) is 0 Å².